The van der Waals surface area contributed by atoms with Gasteiger partial charge in [-0.15, -0.1) is 0 Å². The van der Waals surface area contributed by atoms with Gasteiger partial charge in [-0.2, -0.15) is 0 Å². The number of anilines is 1. The van der Waals surface area contributed by atoms with Crippen molar-refractivity contribution in [1.82, 2.24) is 9.97 Å². The van der Waals surface area contributed by atoms with Crippen LogP contribution >= 0.6 is 11.8 Å². The van der Waals surface area contributed by atoms with Gasteiger partial charge in [0, 0.05) is 17.8 Å². The van der Waals surface area contributed by atoms with Crippen LogP contribution < -0.4 is 4.90 Å². The van der Waals surface area contributed by atoms with E-state index in [-0.39, 0.29) is 11.9 Å². The highest BCUT2D eigenvalue weighted by atomic mass is 32.2. The van der Waals surface area contributed by atoms with Gasteiger partial charge in [-0.3, -0.25) is 9.69 Å². The summed E-state index contributed by atoms with van der Waals surface area (Å²) in [5, 5.41) is 0.682. The summed E-state index contributed by atoms with van der Waals surface area (Å²) >= 11 is 1.49. The summed E-state index contributed by atoms with van der Waals surface area (Å²) < 4.78 is 0. The Morgan fingerprint density at radius 1 is 1.32 bits per heavy atom. The lowest BCUT2D eigenvalue weighted by atomic mass is 9.80. The molecule has 1 aliphatic heterocycles. The number of aromatic nitrogens is 2. The Labute approximate surface area is 154 Å². The van der Waals surface area contributed by atoms with E-state index in [0.29, 0.717) is 18.0 Å². The van der Waals surface area contributed by atoms with Crippen LogP contribution in [0.1, 0.15) is 63.9 Å². The van der Waals surface area contributed by atoms with Crippen molar-refractivity contribution >= 4 is 29.8 Å². The molecule has 0 N–H and O–H groups in total. The van der Waals surface area contributed by atoms with Crippen molar-refractivity contribution in [3.8, 4) is 0 Å². The summed E-state index contributed by atoms with van der Waals surface area (Å²) in [7, 11) is 0. The number of thioether (sulfide) groups is 1. The van der Waals surface area contributed by atoms with Crippen molar-refractivity contribution < 1.29 is 9.59 Å². The summed E-state index contributed by atoms with van der Waals surface area (Å²) in [6.07, 6.45) is 12.8. The fraction of sp³-hybridized carbons (Fsp3) is 0.684. The van der Waals surface area contributed by atoms with E-state index < -0.39 is 5.41 Å². The SMILES string of the molecule is CCC1(C=O)CCCCc2cnc(SC)nc2N(C2CCCC2)C1=O. The minimum absolute atomic E-state index is 0.0502. The largest absolute Gasteiger partial charge is 0.302 e. The van der Waals surface area contributed by atoms with Crippen molar-refractivity contribution in [2.45, 2.75) is 75.9 Å². The van der Waals surface area contributed by atoms with Crippen LogP contribution in [0.5, 0.6) is 0 Å². The summed E-state index contributed by atoms with van der Waals surface area (Å²) in [5.74, 6) is 0.698. The van der Waals surface area contributed by atoms with Gasteiger partial charge in [-0.1, -0.05) is 37.9 Å². The summed E-state index contributed by atoms with van der Waals surface area (Å²) in [6.45, 7) is 1.95. The molecule has 1 amide bonds. The molecule has 1 aromatic heterocycles. The molecule has 0 bridgehead atoms. The highest BCUT2D eigenvalue weighted by Gasteiger charge is 2.44. The molecule has 0 aromatic carbocycles. The van der Waals surface area contributed by atoms with Crippen molar-refractivity contribution in [2.75, 3.05) is 11.2 Å². The average Bonchev–Trinajstić information content (AvgIpc) is 3.18. The molecule has 1 aliphatic carbocycles. The van der Waals surface area contributed by atoms with Crippen LogP contribution in [0.2, 0.25) is 0 Å². The maximum absolute atomic E-state index is 13.6. The number of carbonyl (C=O) groups is 2. The van der Waals surface area contributed by atoms with Crippen LogP contribution in [0.4, 0.5) is 5.82 Å². The number of aldehydes is 1. The molecule has 1 atom stereocenters. The lowest BCUT2D eigenvalue weighted by Crippen LogP contribution is -2.49. The minimum atomic E-state index is -0.908. The van der Waals surface area contributed by atoms with Crippen LogP contribution in [-0.4, -0.2) is 34.5 Å². The molecule has 1 aromatic rings. The lowest BCUT2D eigenvalue weighted by molar-refractivity contribution is -0.135. The first-order valence-electron chi connectivity index (χ1n) is 9.35. The summed E-state index contributed by atoms with van der Waals surface area (Å²) in [5.41, 5.74) is 0.130. The third kappa shape index (κ3) is 3.46. The molecule has 0 saturated heterocycles. The van der Waals surface area contributed by atoms with E-state index in [1.54, 1.807) is 0 Å². The number of fused-ring (bicyclic) bond motifs is 1. The number of amides is 1. The number of carbonyl (C=O) groups excluding carboxylic acids is 2. The van der Waals surface area contributed by atoms with Gasteiger partial charge < -0.3 is 4.79 Å². The molecule has 6 heteroatoms. The molecule has 2 aliphatic rings. The quantitative estimate of drug-likeness (QED) is 0.353. The van der Waals surface area contributed by atoms with Gasteiger partial charge >= 0.3 is 0 Å². The first-order valence-corrected chi connectivity index (χ1v) is 10.6. The zero-order valence-corrected chi connectivity index (χ0v) is 16.0. The fourth-order valence-corrected chi connectivity index (χ4v) is 4.42. The van der Waals surface area contributed by atoms with E-state index in [1.807, 2.05) is 24.3 Å². The monoisotopic (exact) mass is 361 g/mol. The molecule has 1 unspecified atom stereocenters. The van der Waals surface area contributed by atoms with E-state index >= 15 is 0 Å². The van der Waals surface area contributed by atoms with Gasteiger partial charge in [0.2, 0.25) is 5.91 Å². The van der Waals surface area contributed by atoms with Crippen molar-refractivity contribution in [3.05, 3.63) is 11.8 Å². The molecule has 2 heterocycles. The third-order valence-corrected chi connectivity index (χ3v) is 6.30. The zero-order chi connectivity index (χ0) is 17.9. The van der Waals surface area contributed by atoms with Crippen molar-refractivity contribution in [1.29, 1.82) is 0 Å². The Morgan fingerprint density at radius 3 is 2.72 bits per heavy atom. The second kappa shape index (κ2) is 7.85. The smallest absolute Gasteiger partial charge is 0.241 e. The molecule has 136 valence electrons. The number of hydrogen-bond donors (Lipinski definition) is 0. The number of nitrogens with zero attached hydrogens (tertiary/aromatic N) is 3. The van der Waals surface area contributed by atoms with Crippen LogP contribution in [-0.2, 0) is 16.0 Å². The second-order valence-corrected chi connectivity index (χ2v) is 7.93. The lowest BCUT2D eigenvalue weighted by Gasteiger charge is -2.36. The van der Waals surface area contributed by atoms with E-state index in [1.165, 1.54) is 11.8 Å². The topological polar surface area (TPSA) is 63.2 Å². The molecule has 0 radical (unpaired) electrons. The average molecular weight is 362 g/mol. The summed E-state index contributed by atoms with van der Waals surface area (Å²) in [4.78, 5) is 36.7. The Morgan fingerprint density at radius 2 is 2.08 bits per heavy atom. The summed E-state index contributed by atoms with van der Waals surface area (Å²) in [6, 6.07) is 0.153. The Kier molecular flexibility index (Phi) is 5.77. The van der Waals surface area contributed by atoms with Gasteiger partial charge in [-0.25, -0.2) is 9.97 Å². The van der Waals surface area contributed by atoms with Gasteiger partial charge in [0.25, 0.3) is 0 Å². The molecule has 0 spiro atoms. The predicted octanol–water partition coefficient (Wildman–Crippen LogP) is 3.80. The van der Waals surface area contributed by atoms with Crippen LogP contribution in [0.15, 0.2) is 11.4 Å². The Bertz CT molecular complexity index is 646. The number of rotatable bonds is 4. The van der Waals surface area contributed by atoms with Crippen LogP contribution in [0.25, 0.3) is 0 Å². The Hall–Kier alpha value is -1.43. The van der Waals surface area contributed by atoms with E-state index in [4.69, 9.17) is 4.98 Å². The molecular weight excluding hydrogens is 334 g/mol. The highest BCUT2D eigenvalue weighted by molar-refractivity contribution is 7.98. The molecule has 1 fully saturated rings. The molecular formula is C19H27N3O2S. The molecule has 25 heavy (non-hydrogen) atoms. The van der Waals surface area contributed by atoms with Crippen molar-refractivity contribution in [3.63, 3.8) is 0 Å². The first-order chi connectivity index (χ1) is 12.1. The zero-order valence-electron chi connectivity index (χ0n) is 15.2. The van der Waals surface area contributed by atoms with E-state index in [0.717, 1.165) is 62.6 Å². The van der Waals surface area contributed by atoms with E-state index in [9.17, 15) is 9.59 Å². The molecule has 3 rings (SSSR count). The number of aryl methyl sites for hydroxylation is 1. The maximum Gasteiger partial charge on any atom is 0.241 e. The number of hydrogen-bond acceptors (Lipinski definition) is 5. The third-order valence-electron chi connectivity index (χ3n) is 5.74. The van der Waals surface area contributed by atoms with Gasteiger partial charge in [0.15, 0.2) is 5.16 Å². The van der Waals surface area contributed by atoms with Gasteiger partial charge in [0.05, 0.1) is 0 Å². The fourth-order valence-electron chi connectivity index (χ4n) is 4.09. The van der Waals surface area contributed by atoms with Gasteiger partial charge in [-0.05, 0) is 44.8 Å². The first kappa shape index (κ1) is 18.4. The van der Waals surface area contributed by atoms with Crippen LogP contribution in [0.3, 0.4) is 0 Å². The standard InChI is InChI=1S/C19H27N3O2S/c1-3-19(13-23)11-7-6-8-14-12-20-18(25-2)21-16(14)22(17(19)24)15-9-4-5-10-15/h12-13,15H,3-11H2,1-2H3. The normalized spacial score (nSPS) is 25.2. The highest BCUT2D eigenvalue weighted by Crippen LogP contribution is 2.38. The van der Waals surface area contributed by atoms with Crippen LogP contribution in [0, 0.1) is 5.41 Å². The van der Waals surface area contributed by atoms with Gasteiger partial charge in [0.1, 0.15) is 17.5 Å². The maximum atomic E-state index is 13.6. The second-order valence-electron chi connectivity index (χ2n) is 7.15. The molecule has 1 saturated carbocycles. The molecule has 5 nitrogen and oxygen atoms in total. The Balaban J connectivity index is 2.14. The predicted molar refractivity (Wildman–Crippen MR) is 99.9 cm³/mol. The van der Waals surface area contributed by atoms with E-state index in [2.05, 4.69) is 4.98 Å². The van der Waals surface area contributed by atoms with Crippen molar-refractivity contribution in [2.24, 2.45) is 5.41 Å². The minimum Gasteiger partial charge on any atom is -0.302 e.